The number of nitrogens with zero attached hydrogens (tertiary/aromatic N) is 1. The molecule has 4 heteroatoms. The molecule has 0 saturated heterocycles. The summed E-state index contributed by atoms with van der Waals surface area (Å²) < 4.78 is 4.88. The highest BCUT2D eigenvalue weighted by molar-refractivity contribution is 5.77. The van der Waals surface area contributed by atoms with Crippen molar-refractivity contribution in [2.45, 2.75) is 26.0 Å². The molecule has 18 heavy (non-hydrogen) atoms. The fraction of sp³-hybridized carbons (Fsp3) is 0.500. The second kappa shape index (κ2) is 5.50. The summed E-state index contributed by atoms with van der Waals surface area (Å²) in [5.74, 6) is 0.0191. The lowest BCUT2D eigenvalue weighted by Crippen LogP contribution is -2.38. The number of amides is 1. The number of hydrogen-bond acceptors (Lipinski definition) is 3. The number of fused-ring (bicyclic) bond motifs is 1. The van der Waals surface area contributed by atoms with Crippen LogP contribution >= 0.6 is 0 Å². The Balaban J connectivity index is 2.16. The number of hydrogen-bond donors (Lipinski definition) is 1. The number of aliphatic hydroxyl groups excluding tert-OH is 1. The molecular weight excluding hydrogens is 230 g/mol. The number of carbonyl (C=O) groups excluding carboxylic acids is 1. The van der Waals surface area contributed by atoms with Gasteiger partial charge in [-0.25, -0.2) is 0 Å². The summed E-state index contributed by atoms with van der Waals surface area (Å²) in [5, 5.41) is 9.58. The van der Waals surface area contributed by atoms with E-state index >= 15 is 0 Å². The fourth-order valence-corrected chi connectivity index (χ4v) is 2.26. The Morgan fingerprint density at radius 2 is 2.28 bits per heavy atom. The smallest absolute Gasteiger partial charge is 0.248 e. The van der Waals surface area contributed by atoms with E-state index in [0.717, 1.165) is 24.1 Å². The molecule has 1 heterocycles. The van der Waals surface area contributed by atoms with Crippen molar-refractivity contribution >= 4 is 5.91 Å². The molecule has 0 bridgehead atoms. The topological polar surface area (TPSA) is 49.8 Å². The zero-order valence-corrected chi connectivity index (χ0v) is 10.8. The highest BCUT2D eigenvalue weighted by Gasteiger charge is 2.20. The van der Waals surface area contributed by atoms with E-state index in [1.165, 1.54) is 12.7 Å². The van der Waals surface area contributed by atoms with Crippen LogP contribution in [0.15, 0.2) is 18.2 Å². The number of benzene rings is 1. The molecule has 2 rings (SSSR count). The van der Waals surface area contributed by atoms with Crippen LogP contribution in [-0.2, 0) is 22.5 Å². The van der Waals surface area contributed by atoms with E-state index in [9.17, 15) is 9.90 Å². The molecule has 0 spiro atoms. The van der Waals surface area contributed by atoms with Crippen molar-refractivity contribution in [3.63, 3.8) is 0 Å². The Hall–Kier alpha value is -1.39. The summed E-state index contributed by atoms with van der Waals surface area (Å²) >= 11 is 0. The lowest BCUT2D eigenvalue weighted by Gasteiger charge is -2.29. The van der Waals surface area contributed by atoms with Crippen molar-refractivity contribution in [2.24, 2.45) is 0 Å². The Bertz CT molecular complexity index is 443. The maximum absolute atomic E-state index is 11.8. The average Bonchev–Trinajstić information content (AvgIpc) is 2.37. The quantitative estimate of drug-likeness (QED) is 0.877. The van der Waals surface area contributed by atoms with Crippen molar-refractivity contribution < 1.29 is 14.6 Å². The van der Waals surface area contributed by atoms with Crippen molar-refractivity contribution in [1.29, 1.82) is 0 Å². The van der Waals surface area contributed by atoms with E-state index in [0.29, 0.717) is 6.54 Å². The number of rotatable bonds is 3. The minimum absolute atomic E-state index is 0.0191. The molecule has 1 N–H and O–H groups in total. The molecule has 1 atom stereocenters. The molecule has 1 aromatic rings. The maximum Gasteiger partial charge on any atom is 0.248 e. The van der Waals surface area contributed by atoms with Gasteiger partial charge in [0.1, 0.15) is 6.61 Å². The van der Waals surface area contributed by atoms with Crippen LogP contribution in [0.25, 0.3) is 0 Å². The largest absolute Gasteiger partial charge is 0.389 e. The second-order valence-electron chi connectivity index (χ2n) is 4.70. The first kappa shape index (κ1) is 13.1. The minimum Gasteiger partial charge on any atom is -0.389 e. The monoisotopic (exact) mass is 249 g/mol. The normalized spacial score (nSPS) is 16.3. The summed E-state index contributed by atoms with van der Waals surface area (Å²) in [4.78, 5) is 13.6. The average molecular weight is 249 g/mol. The van der Waals surface area contributed by atoms with Crippen LogP contribution in [-0.4, -0.2) is 36.2 Å². The van der Waals surface area contributed by atoms with Gasteiger partial charge in [-0.3, -0.25) is 4.79 Å². The van der Waals surface area contributed by atoms with E-state index < -0.39 is 6.10 Å². The van der Waals surface area contributed by atoms with Gasteiger partial charge in [0, 0.05) is 20.2 Å². The molecule has 0 aromatic heterocycles. The third kappa shape index (κ3) is 2.71. The van der Waals surface area contributed by atoms with Gasteiger partial charge in [-0.1, -0.05) is 18.2 Å². The molecule has 1 amide bonds. The summed E-state index contributed by atoms with van der Waals surface area (Å²) in [6.45, 7) is 3.23. The Kier molecular flexibility index (Phi) is 3.99. The van der Waals surface area contributed by atoms with E-state index in [-0.39, 0.29) is 12.5 Å². The SMILES string of the molecule is COCC(=O)N1CCc2ccc(C(C)O)cc2C1. The number of carbonyl (C=O) groups is 1. The third-order valence-electron chi connectivity index (χ3n) is 3.35. The molecule has 1 aliphatic rings. The van der Waals surface area contributed by atoms with E-state index in [2.05, 4.69) is 6.07 Å². The molecule has 0 radical (unpaired) electrons. The summed E-state index contributed by atoms with van der Waals surface area (Å²) in [6, 6.07) is 6.00. The highest BCUT2D eigenvalue weighted by Crippen LogP contribution is 2.23. The zero-order chi connectivity index (χ0) is 13.1. The highest BCUT2D eigenvalue weighted by atomic mass is 16.5. The molecular formula is C14H19NO3. The van der Waals surface area contributed by atoms with E-state index in [4.69, 9.17) is 4.74 Å². The lowest BCUT2D eigenvalue weighted by atomic mass is 9.96. The molecule has 0 fully saturated rings. The van der Waals surface area contributed by atoms with Gasteiger partial charge < -0.3 is 14.7 Å². The molecule has 1 aromatic carbocycles. The van der Waals surface area contributed by atoms with E-state index in [1.54, 1.807) is 11.8 Å². The lowest BCUT2D eigenvalue weighted by molar-refractivity contribution is -0.136. The molecule has 98 valence electrons. The van der Waals surface area contributed by atoms with Crippen molar-refractivity contribution in [1.82, 2.24) is 4.90 Å². The van der Waals surface area contributed by atoms with Gasteiger partial charge >= 0.3 is 0 Å². The Labute approximate surface area is 107 Å². The van der Waals surface area contributed by atoms with Crippen LogP contribution in [0.4, 0.5) is 0 Å². The van der Waals surface area contributed by atoms with Gasteiger partial charge in [-0.05, 0) is 30.0 Å². The number of aliphatic hydroxyl groups is 1. The first-order valence-corrected chi connectivity index (χ1v) is 6.18. The maximum atomic E-state index is 11.8. The predicted octanol–water partition coefficient (Wildman–Crippen LogP) is 1.27. The van der Waals surface area contributed by atoms with Crippen molar-refractivity contribution in [3.05, 3.63) is 34.9 Å². The van der Waals surface area contributed by atoms with Gasteiger partial charge in [0.25, 0.3) is 0 Å². The van der Waals surface area contributed by atoms with Crippen LogP contribution in [0.2, 0.25) is 0 Å². The Morgan fingerprint density at radius 1 is 1.50 bits per heavy atom. The third-order valence-corrected chi connectivity index (χ3v) is 3.35. The molecule has 1 aliphatic heterocycles. The zero-order valence-electron chi connectivity index (χ0n) is 10.8. The standard InChI is InChI=1S/C14H19NO3/c1-10(16)12-4-3-11-5-6-15(8-13(11)7-12)14(17)9-18-2/h3-4,7,10,16H,5-6,8-9H2,1-2H3. The van der Waals surface area contributed by atoms with Gasteiger partial charge in [0.2, 0.25) is 5.91 Å². The first-order chi connectivity index (χ1) is 8.61. The van der Waals surface area contributed by atoms with Gasteiger partial charge in [0.15, 0.2) is 0 Å². The van der Waals surface area contributed by atoms with Gasteiger partial charge in [-0.2, -0.15) is 0 Å². The Morgan fingerprint density at radius 3 is 2.94 bits per heavy atom. The van der Waals surface area contributed by atoms with Gasteiger partial charge in [-0.15, -0.1) is 0 Å². The predicted molar refractivity (Wildman–Crippen MR) is 68.1 cm³/mol. The first-order valence-electron chi connectivity index (χ1n) is 6.18. The second-order valence-corrected chi connectivity index (χ2v) is 4.70. The molecule has 0 saturated carbocycles. The van der Waals surface area contributed by atoms with E-state index in [1.807, 2.05) is 12.1 Å². The summed E-state index contributed by atoms with van der Waals surface area (Å²) in [7, 11) is 1.53. The molecule has 4 nitrogen and oxygen atoms in total. The van der Waals surface area contributed by atoms with Crippen LogP contribution < -0.4 is 0 Å². The number of methoxy groups -OCH3 is 1. The number of ether oxygens (including phenoxy) is 1. The fourth-order valence-electron chi connectivity index (χ4n) is 2.26. The molecule has 1 unspecified atom stereocenters. The molecule has 0 aliphatic carbocycles. The van der Waals surface area contributed by atoms with Crippen LogP contribution in [0.3, 0.4) is 0 Å². The van der Waals surface area contributed by atoms with Crippen molar-refractivity contribution in [3.8, 4) is 0 Å². The summed E-state index contributed by atoms with van der Waals surface area (Å²) in [5.41, 5.74) is 3.29. The summed E-state index contributed by atoms with van der Waals surface area (Å²) in [6.07, 6.45) is 0.394. The minimum atomic E-state index is -0.472. The van der Waals surface area contributed by atoms with Crippen LogP contribution in [0.1, 0.15) is 29.7 Å². The van der Waals surface area contributed by atoms with Crippen molar-refractivity contribution in [2.75, 3.05) is 20.3 Å². The van der Waals surface area contributed by atoms with Crippen LogP contribution in [0, 0.1) is 0 Å². The van der Waals surface area contributed by atoms with Crippen LogP contribution in [0.5, 0.6) is 0 Å². The van der Waals surface area contributed by atoms with Gasteiger partial charge in [0.05, 0.1) is 6.10 Å².